The minimum atomic E-state index is -1.05. The van der Waals surface area contributed by atoms with Crippen LogP contribution in [0.2, 0.25) is 0 Å². The molecule has 2 N–H and O–H groups in total. The zero-order chi connectivity index (χ0) is 21.8. The van der Waals surface area contributed by atoms with E-state index in [1.807, 2.05) is 0 Å². The van der Waals surface area contributed by atoms with Crippen LogP contribution in [0.5, 0.6) is 0 Å². The highest BCUT2D eigenvalue weighted by atomic mass is 16.5. The summed E-state index contributed by atoms with van der Waals surface area (Å²) >= 11 is 0. The van der Waals surface area contributed by atoms with Crippen LogP contribution in [0.1, 0.15) is 30.6 Å². The van der Waals surface area contributed by atoms with Crippen LogP contribution >= 0.6 is 0 Å². The summed E-state index contributed by atoms with van der Waals surface area (Å²) in [6, 6.07) is 5.55. The Balaban J connectivity index is 1.83. The molecule has 1 aromatic rings. The third kappa shape index (κ3) is 5.09. The van der Waals surface area contributed by atoms with Gasteiger partial charge in [0, 0.05) is 25.3 Å². The first kappa shape index (κ1) is 21.9. The zero-order valence-electron chi connectivity index (χ0n) is 16.8. The third-order valence-electron chi connectivity index (χ3n) is 4.53. The molecule has 0 spiro atoms. The van der Waals surface area contributed by atoms with Crippen LogP contribution in [0.15, 0.2) is 24.3 Å². The first-order valence-corrected chi connectivity index (χ1v) is 8.98. The van der Waals surface area contributed by atoms with E-state index in [-0.39, 0.29) is 5.91 Å². The van der Waals surface area contributed by atoms with Crippen molar-refractivity contribution in [3.05, 3.63) is 29.8 Å². The van der Waals surface area contributed by atoms with Crippen molar-refractivity contribution in [3.8, 4) is 0 Å². The lowest BCUT2D eigenvalue weighted by Crippen LogP contribution is -2.43. The Labute approximate surface area is 168 Å². The highest BCUT2D eigenvalue weighted by molar-refractivity contribution is 6.08. The predicted molar refractivity (Wildman–Crippen MR) is 103 cm³/mol. The maximum atomic E-state index is 12.2. The number of nitrogens with one attached hydrogen (secondary N) is 2. The second-order valence-corrected chi connectivity index (χ2v) is 6.99. The van der Waals surface area contributed by atoms with E-state index >= 15 is 0 Å². The molecular weight excluding hydrogens is 380 g/mol. The van der Waals surface area contributed by atoms with Crippen LogP contribution in [0.3, 0.4) is 0 Å². The van der Waals surface area contributed by atoms with Gasteiger partial charge >= 0.3 is 12.0 Å². The van der Waals surface area contributed by atoms with Crippen molar-refractivity contribution < 1.29 is 28.7 Å². The van der Waals surface area contributed by atoms with Crippen molar-refractivity contribution in [2.75, 3.05) is 32.6 Å². The number of urea groups is 1. The Hall–Kier alpha value is -3.43. The Kier molecular flexibility index (Phi) is 6.57. The van der Waals surface area contributed by atoms with Gasteiger partial charge in [-0.05, 0) is 37.6 Å². The molecule has 10 nitrogen and oxygen atoms in total. The second-order valence-electron chi connectivity index (χ2n) is 6.99. The SMILES string of the molecule is CC[C@]1(C)NC(=O)N(CC(=O)OCC(=O)Nc2ccc(C(=O)N(C)C)cc2)C1=O. The fourth-order valence-corrected chi connectivity index (χ4v) is 2.60. The van der Waals surface area contributed by atoms with Crippen LogP contribution in [0, 0.1) is 0 Å². The van der Waals surface area contributed by atoms with Crippen molar-refractivity contribution in [2.24, 2.45) is 0 Å². The molecule has 1 aliphatic heterocycles. The maximum Gasteiger partial charge on any atom is 0.326 e. The second kappa shape index (κ2) is 8.72. The van der Waals surface area contributed by atoms with E-state index in [4.69, 9.17) is 4.74 Å². The lowest BCUT2D eigenvalue weighted by molar-refractivity contribution is -0.150. The molecule has 29 heavy (non-hydrogen) atoms. The number of hydrogen-bond acceptors (Lipinski definition) is 6. The van der Waals surface area contributed by atoms with E-state index < -0.39 is 42.5 Å². The molecule has 0 saturated carbocycles. The van der Waals surface area contributed by atoms with Gasteiger partial charge < -0.3 is 20.3 Å². The van der Waals surface area contributed by atoms with Crippen LogP contribution in [-0.4, -0.2) is 72.3 Å². The van der Waals surface area contributed by atoms with Crippen LogP contribution < -0.4 is 10.6 Å². The smallest absolute Gasteiger partial charge is 0.326 e. The molecule has 1 heterocycles. The summed E-state index contributed by atoms with van der Waals surface area (Å²) in [7, 11) is 3.27. The molecule has 5 amide bonds. The zero-order valence-corrected chi connectivity index (χ0v) is 16.8. The number of anilines is 1. The quantitative estimate of drug-likeness (QED) is 0.506. The molecule has 2 rings (SSSR count). The number of imide groups is 1. The molecule has 10 heteroatoms. The van der Waals surface area contributed by atoms with Gasteiger partial charge in [-0.2, -0.15) is 0 Å². The van der Waals surface area contributed by atoms with Gasteiger partial charge in [0.2, 0.25) is 0 Å². The fraction of sp³-hybridized carbons (Fsp3) is 0.421. The Morgan fingerprint density at radius 2 is 1.79 bits per heavy atom. The molecule has 1 saturated heterocycles. The van der Waals surface area contributed by atoms with Gasteiger partial charge in [0.05, 0.1) is 0 Å². The number of rotatable bonds is 7. The van der Waals surface area contributed by atoms with Crippen LogP contribution in [0.25, 0.3) is 0 Å². The number of amides is 5. The van der Waals surface area contributed by atoms with Crippen molar-refractivity contribution in [1.82, 2.24) is 15.1 Å². The molecule has 1 atom stereocenters. The lowest BCUT2D eigenvalue weighted by atomic mass is 9.99. The van der Waals surface area contributed by atoms with Crippen molar-refractivity contribution >= 4 is 35.4 Å². The first-order chi connectivity index (χ1) is 13.6. The molecule has 0 aliphatic carbocycles. The summed E-state index contributed by atoms with van der Waals surface area (Å²) in [5.74, 6) is -2.16. The van der Waals surface area contributed by atoms with E-state index in [0.717, 1.165) is 4.90 Å². The normalized spacial score (nSPS) is 18.3. The monoisotopic (exact) mass is 404 g/mol. The van der Waals surface area contributed by atoms with E-state index in [0.29, 0.717) is 17.7 Å². The maximum absolute atomic E-state index is 12.2. The van der Waals surface area contributed by atoms with Gasteiger partial charge in [0.15, 0.2) is 6.61 Å². The van der Waals surface area contributed by atoms with Gasteiger partial charge in [0.1, 0.15) is 12.1 Å². The average Bonchev–Trinajstić information content (AvgIpc) is 2.90. The average molecular weight is 404 g/mol. The fourth-order valence-electron chi connectivity index (χ4n) is 2.60. The summed E-state index contributed by atoms with van der Waals surface area (Å²) in [6.07, 6.45) is 0.379. The number of ether oxygens (including phenoxy) is 1. The summed E-state index contributed by atoms with van der Waals surface area (Å²) < 4.78 is 4.84. The number of carbonyl (C=O) groups is 5. The van der Waals surface area contributed by atoms with Crippen molar-refractivity contribution in [1.29, 1.82) is 0 Å². The number of hydrogen-bond donors (Lipinski definition) is 2. The van der Waals surface area contributed by atoms with Gasteiger partial charge in [-0.1, -0.05) is 6.92 Å². The van der Waals surface area contributed by atoms with Gasteiger partial charge in [-0.15, -0.1) is 0 Å². The Morgan fingerprint density at radius 1 is 1.17 bits per heavy atom. The summed E-state index contributed by atoms with van der Waals surface area (Å²) in [6.45, 7) is 2.16. The molecular formula is C19H24N4O6. The third-order valence-corrected chi connectivity index (χ3v) is 4.53. The molecule has 0 unspecified atom stereocenters. The molecule has 0 radical (unpaired) electrons. The van der Waals surface area contributed by atoms with Gasteiger partial charge in [-0.25, -0.2) is 4.79 Å². The van der Waals surface area contributed by atoms with Crippen molar-refractivity contribution in [3.63, 3.8) is 0 Å². The number of nitrogens with zero attached hydrogens (tertiary/aromatic N) is 2. The van der Waals surface area contributed by atoms with E-state index in [1.54, 1.807) is 52.2 Å². The number of benzene rings is 1. The number of esters is 1. The summed E-state index contributed by atoms with van der Waals surface area (Å²) in [5, 5.41) is 5.05. The molecule has 1 aromatic carbocycles. The van der Waals surface area contributed by atoms with E-state index in [9.17, 15) is 24.0 Å². The summed E-state index contributed by atoms with van der Waals surface area (Å²) in [5.41, 5.74) is -0.157. The van der Waals surface area contributed by atoms with Gasteiger partial charge in [-0.3, -0.25) is 24.1 Å². The van der Waals surface area contributed by atoms with E-state index in [2.05, 4.69) is 10.6 Å². The Bertz CT molecular complexity index is 836. The first-order valence-electron chi connectivity index (χ1n) is 8.98. The highest BCUT2D eigenvalue weighted by Gasteiger charge is 2.47. The highest BCUT2D eigenvalue weighted by Crippen LogP contribution is 2.20. The molecule has 156 valence electrons. The van der Waals surface area contributed by atoms with Crippen LogP contribution in [0.4, 0.5) is 10.5 Å². The topological polar surface area (TPSA) is 125 Å². The summed E-state index contributed by atoms with van der Waals surface area (Å²) in [4.78, 5) is 62.0. The number of carbonyl (C=O) groups excluding carboxylic acids is 5. The molecule has 1 aliphatic rings. The van der Waals surface area contributed by atoms with Crippen molar-refractivity contribution in [2.45, 2.75) is 25.8 Å². The molecule has 1 fully saturated rings. The lowest BCUT2D eigenvalue weighted by Gasteiger charge is -2.18. The minimum Gasteiger partial charge on any atom is -0.454 e. The predicted octanol–water partition coefficient (Wildman–Crippen LogP) is 0.591. The minimum absolute atomic E-state index is 0.170. The van der Waals surface area contributed by atoms with E-state index in [1.165, 1.54) is 4.90 Å². The van der Waals surface area contributed by atoms with Crippen LogP contribution in [-0.2, 0) is 19.1 Å². The molecule has 0 bridgehead atoms. The molecule has 0 aromatic heterocycles. The standard InChI is InChI=1S/C19H24N4O6/c1-5-19(2)17(27)23(18(28)21-19)10-15(25)29-11-14(24)20-13-8-6-12(7-9-13)16(26)22(3)4/h6-9H,5,10-11H2,1-4H3,(H,20,24)(H,21,28)/t19-/m0/s1. The van der Waals surface area contributed by atoms with Gasteiger partial charge in [0.25, 0.3) is 17.7 Å². The largest absolute Gasteiger partial charge is 0.454 e. The Morgan fingerprint density at radius 3 is 2.31 bits per heavy atom.